The van der Waals surface area contributed by atoms with E-state index in [9.17, 15) is 13.2 Å². The molecule has 3 heterocycles. The average molecular weight is 410 g/mol. The number of rotatable bonds is 3. The second-order valence-corrected chi connectivity index (χ2v) is 7.47. The lowest BCUT2D eigenvalue weighted by Crippen LogP contribution is -2.50. The molecule has 1 aliphatic heterocycles. The molecule has 28 heavy (non-hydrogen) atoms. The van der Waals surface area contributed by atoms with Gasteiger partial charge in [0.2, 0.25) is 5.95 Å². The van der Waals surface area contributed by atoms with Crippen molar-refractivity contribution in [1.29, 1.82) is 0 Å². The predicted molar refractivity (Wildman–Crippen MR) is 102 cm³/mol. The lowest BCUT2D eigenvalue weighted by Gasteiger charge is -2.34. The van der Waals surface area contributed by atoms with Crippen molar-refractivity contribution in [2.24, 2.45) is 5.73 Å². The van der Waals surface area contributed by atoms with Crippen LogP contribution < -0.4 is 10.6 Å². The Hall–Kier alpha value is -2.32. The van der Waals surface area contributed by atoms with Gasteiger partial charge in [0, 0.05) is 31.4 Å². The molecule has 4 rings (SSSR count). The van der Waals surface area contributed by atoms with Crippen molar-refractivity contribution in [3.63, 3.8) is 0 Å². The molecule has 0 amide bonds. The topological polar surface area (TPSA) is 60.0 Å². The molecule has 1 aliphatic rings. The largest absolute Gasteiger partial charge is 0.340 e. The second kappa shape index (κ2) is 7.25. The standard InChI is InChI=1S/C19H19ClF3N5/c1-10(16-3-2-11(20)8-25-16)28-18-7-14(23)13(22)6-17(18)26-19(28)27-5-4-12(21)15(24)9-27/h2-3,6-8,10,12,15H,4-5,9,24H2,1H3/t10?,12-,15-/m1/s1. The highest BCUT2D eigenvalue weighted by molar-refractivity contribution is 6.30. The molecule has 1 fully saturated rings. The Bertz CT molecular complexity index is 1010. The Kier molecular flexibility index (Phi) is 4.93. The number of imidazole rings is 1. The molecule has 0 bridgehead atoms. The molecule has 1 aromatic carbocycles. The number of hydrogen-bond donors (Lipinski definition) is 1. The first kappa shape index (κ1) is 19.0. The summed E-state index contributed by atoms with van der Waals surface area (Å²) in [6.45, 7) is 2.55. The van der Waals surface area contributed by atoms with Crippen LogP contribution in [0.15, 0.2) is 30.5 Å². The van der Waals surface area contributed by atoms with Gasteiger partial charge in [0.15, 0.2) is 11.6 Å². The number of anilines is 1. The van der Waals surface area contributed by atoms with E-state index in [1.807, 2.05) is 11.8 Å². The fourth-order valence-corrected chi connectivity index (χ4v) is 3.70. The summed E-state index contributed by atoms with van der Waals surface area (Å²) in [6, 6.07) is 4.66. The summed E-state index contributed by atoms with van der Waals surface area (Å²) in [6.07, 6.45) is 0.705. The van der Waals surface area contributed by atoms with E-state index in [1.54, 1.807) is 16.7 Å². The highest BCUT2D eigenvalue weighted by atomic mass is 35.5. The summed E-state index contributed by atoms with van der Waals surface area (Å²) in [7, 11) is 0. The number of piperidine rings is 1. The Balaban J connectivity index is 1.86. The third kappa shape index (κ3) is 3.31. The average Bonchev–Trinajstić information content (AvgIpc) is 3.02. The van der Waals surface area contributed by atoms with E-state index in [2.05, 4.69) is 9.97 Å². The molecule has 9 heteroatoms. The number of nitrogens with zero attached hydrogens (tertiary/aromatic N) is 4. The molecule has 5 nitrogen and oxygen atoms in total. The summed E-state index contributed by atoms with van der Waals surface area (Å²) in [5.41, 5.74) is 7.32. The zero-order valence-corrected chi connectivity index (χ0v) is 15.9. The molecule has 0 aliphatic carbocycles. The van der Waals surface area contributed by atoms with E-state index in [-0.39, 0.29) is 19.0 Å². The maximum atomic E-state index is 14.0. The van der Waals surface area contributed by atoms with Crippen LogP contribution in [-0.4, -0.2) is 39.8 Å². The van der Waals surface area contributed by atoms with Gasteiger partial charge in [-0.2, -0.15) is 0 Å². The molecule has 0 saturated carbocycles. The Morgan fingerprint density at radius 2 is 2.00 bits per heavy atom. The molecule has 3 atom stereocenters. The summed E-state index contributed by atoms with van der Waals surface area (Å²) in [5.74, 6) is -1.46. The molecule has 1 saturated heterocycles. The molecule has 0 spiro atoms. The van der Waals surface area contributed by atoms with Crippen LogP contribution in [0.1, 0.15) is 25.1 Å². The van der Waals surface area contributed by atoms with E-state index in [0.29, 0.717) is 34.2 Å². The van der Waals surface area contributed by atoms with E-state index in [0.717, 1.165) is 12.1 Å². The molecule has 3 aromatic rings. The maximum Gasteiger partial charge on any atom is 0.207 e. The second-order valence-electron chi connectivity index (χ2n) is 7.03. The Labute approximate surface area is 164 Å². The van der Waals surface area contributed by atoms with Crippen LogP contribution >= 0.6 is 11.6 Å². The zero-order valence-electron chi connectivity index (χ0n) is 15.1. The van der Waals surface area contributed by atoms with Crippen molar-refractivity contribution < 1.29 is 13.2 Å². The highest BCUT2D eigenvalue weighted by Gasteiger charge is 2.31. The van der Waals surface area contributed by atoms with Crippen molar-refractivity contribution in [2.45, 2.75) is 31.6 Å². The first-order valence-electron chi connectivity index (χ1n) is 8.98. The number of aromatic nitrogens is 3. The van der Waals surface area contributed by atoms with Crippen LogP contribution in [0.5, 0.6) is 0 Å². The van der Waals surface area contributed by atoms with Crippen LogP contribution in [0.3, 0.4) is 0 Å². The number of fused-ring (bicyclic) bond motifs is 1. The quantitative estimate of drug-likeness (QED) is 0.713. The minimum absolute atomic E-state index is 0.260. The number of pyridine rings is 1. The molecular formula is C19H19ClF3N5. The number of hydrogen-bond acceptors (Lipinski definition) is 4. The monoisotopic (exact) mass is 409 g/mol. The van der Waals surface area contributed by atoms with Gasteiger partial charge in [-0.1, -0.05) is 11.6 Å². The normalized spacial score (nSPS) is 21.3. The summed E-state index contributed by atoms with van der Waals surface area (Å²) in [5, 5.41) is 0.496. The van der Waals surface area contributed by atoms with Gasteiger partial charge >= 0.3 is 0 Å². The smallest absolute Gasteiger partial charge is 0.207 e. The van der Waals surface area contributed by atoms with Crippen molar-refractivity contribution >= 4 is 28.6 Å². The van der Waals surface area contributed by atoms with Gasteiger partial charge in [-0.25, -0.2) is 18.2 Å². The molecule has 2 aromatic heterocycles. The van der Waals surface area contributed by atoms with Crippen molar-refractivity contribution in [1.82, 2.24) is 14.5 Å². The molecule has 1 unspecified atom stereocenters. The van der Waals surface area contributed by atoms with Crippen molar-refractivity contribution in [3.05, 3.63) is 52.8 Å². The lowest BCUT2D eigenvalue weighted by atomic mass is 10.1. The number of nitrogens with two attached hydrogens (primary N) is 1. The maximum absolute atomic E-state index is 14.0. The van der Waals surface area contributed by atoms with Crippen LogP contribution in [0, 0.1) is 11.6 Å². The fraction of sp³-hybridized carbons (Fsp3) is 0.368. The zero-order chi connectivity index (χ0) is 20.0. The van der Waals surface area contributed by atoms with Crippen LogP contribution in [0.4, 0.5) is 19.1 Å². The molecule has 148 valence electrons. The summed E-state index contributed by atoms with van der Waals surface area (Å²) in [4.78, 5) is 10.7. The van der Waals surface area contributed by atoms with Gasteiger partial charge in [0.05, 0.1) is 33.8 Å². The summed E-state index contributed by atoms with van der Waals surface area (Å²) >= 11 is 5.93. The first-order valence-corrected chi connectivity index (χ1v) is 9.36. The molecule has 2 N–H and O–H groups in total. The molecular weight excluding hydrogens is 391 g/mol. The Morgan fingerprint density at radius 3 is 2.68 bits per heavy atom. The highest BCUT2D eigenvalue weighted by Crippen LogP contribution is 2.32. The van der Waals surface area contributed by atoms with Gasteiger partial charge in [-0.3, -0.25) is 4.98 Å². The van der Waals surface area contributed by atoms with E-state index >= 15 is 0 Å². The minimum atomic E-state index is -1.08. The first-order chi connectivity index (χ1) is 13.3. The van der Waals surface area contributed by atoms with E-state index < -0.39 is 23.8 Å². The SMILES string of the molecule is CC(c1ccc(Cl)cn1)n1c(N2CC[C@@H](F)[C@H](N)C2)nc2cc(F)c(F)cc21. The van der Waals surface area contributed by atoms with Crippen molar-refractivity contribution in [3.8, 4) is 0 Å². The third-order valence-electron chi connectivity index (χ3n) is 5.13. The third-order valence-corrected chi connectivity index (χ3v) is 5.36. The summed E-state index contributed by atoms with van der Waals surface area (Å²) < 4.78 is 43.4. The molecule has 0 radical (unpaired) electrons. The van der Waals surface area contributed by atoms with Crippen LogP contribution in [0.2, 0.25) is 5.02 Å². The van der Waals surface area contributed by atoms with Gasteiger partial charge in [0.25, 0.3) is 0 Å². The van der Waals surface area contributed by atoms with Gasteiger partial charge in [-0.15, -0.1) is 0 Å². The van der Waals surface area contributed by atoms with Gasteiger partial charge < -0.3 is 15.2 Å². The minimum Gasteiger partial charge on any atom is -0.340 e. The van der Waals surface area contributed by atoms with Gasteiger partial charge in [-0.05, 0) is 25.5 Å². The number of halogens is 4. The number of alkyl halides is 1. The number of benzene rings is 1. The van der Waals surface area contributed by atoms with E-state index in [1.165, 1.54) is 6.20 Å². The fourth-order valence-electron chi connectivity index (χ4n) is 3.58. The Morgan fingerprint density at radius 1 is 1.25 bits per heavy atom. The van der Waals surface area contributed by atoms with Crippen LogP contribution in [0.25, 0.3) is 11.0 Å². The predicted octanol–water partition coefficient (Wildman–Crippen LogP) is 3.85. The van der Waals surface area contributed by atoms with Gasteiger partial charge in [0.1, 0.15) is 6.17 Å². The van der Waals surface area contributed by atoms with Crippen molar-refractivity contribution in [2.75, 3.05) is 18.0 Å². The van der Waals surface area contributed by atoms with E-state index in [4.69, 9.17) is 17.3 Å². The lowest BCUT2D eigenvalue weighted by molar-refractivity contribution is 0.243. The van der Waals surface area contributed by atoms with Crippen LogP contribution in [-0.2, 0) is 0 Å².